The molecule has 44 heavy (non-hydrogen) atoms. The van der Waals surface area contributed by atoms with E-state index >= 15 is 0 Å². The molecule has 0 saturated carbocycles. The summed E-state index contributed by atoms with van der Waals surface area (Å²) in [6.07, 6.45) is 0. The molecule has 0 radical (unpaired) electrons. The second kappa shape index (κ2) is 14.4. The van der Waals surface area contributed by atoms with Crippen molar-refractivity contribution in [2.45, 2.75) is 26.5 Å². The number of ether oxygens (including phenoxy) is 4. The molecule has 1 N–H and O–H groups in total. The Balaban J connectivity index is 1.48. The topological polar surface area (TPSA) is 97.8 Å². The molecule has 2 aliphatic heterocycles. The van der Waals surface area contributed by atoms with Gasteiger partial charge in [0.2, 0.25) is 0 Å². The van der Waals surface area contributed by atoms with Crippen LogP contribution in [0.2, 0.25) is 0 Å². The number of methoxy groups -OCH3 is 1. The Labute approximate surface area is 258 Å². The summed E-state index contributed by atoms with van der Waals surface area (Å²) in [6, 6.07) is 21.3. The van der Waals surface area contributed by atoms with Crippen LogP contribution in [0, 0.1) is 5.92 Å². The number of aliphatic hydroxyl groups is 1. The molecule has 1 atom stereocenters. The third-order valence-corrected chi connectivity index (χ3v) is 7.75. The summed E-state index contributed by atoms with van der Waals surface area (Å²) in [7, 11) is 1.55. The smallest absolute Gasteiger partial charge is 0.295 e. The number of amides is 1. The minimum atomic E-state index is -0.815. The van der Waals surface area contributed by atoms with Crippen molar-refractivity contribution in [2.75, 3.05) is 53.1 Å². The van der Waals surface area contributed by atoms with Crippen LogP contribution < -0.4 is 14.2 Å². The number of nitrogens with zero attached hydrogens (tertiary/aromatic N) is 2. The average Bonchev–Trinajstić information content (AvgIpc) is 3.31. The molecule has 0 aliphatic carbocycles. The van der Waals surface area contributed by atoms with Crippen molar-refractivity contribution in [3.8, 4) is 17.2 Å². The molecule has 2 fully saturated rings. The normalized spacial score (nSPS) is 18.5. The van der Waals surface area contributed by atoms with Crippen molar-refractivity contribution in [1.29, 1.82) is 0 Å². The van der Waals surface area contributed by atoms with Gasteiger partial charge in [0.05, 0.1) is 38.5 Å². The number of aliphatic hydroxyl groups excluding tert-OH is 1. The zero-order valence-corrected chi connectivity index (χ0v) is 25.5. The highest BCUT2D eigenvalue weighted by Gasteiger charge is 2.46. The highest BCUT2D eigenvalue weighted by molar-refractivity contribution is 6.46. The number of ketones is 1. The summed E-state index contributed by atoms with van der Waals surface area (Å²) in [5.41, 5.74) is 2.10. The number of carbonyl (C=O) groups excluding carboxylic acids is 2. The van der Waals surface area contributed by atoms with Crippen molar-refractivity contribution in [3.63, 3.8) is 0 Å². The van der Waals surface area contributed by atoms with E-state index in [1.54, 1.807) is 48.4 Å². The van der Waals surface area contributed by atoms with Gasteiger partial charge in [-0.1, -0.05) is 50.2 Å². The molecule has 0 spiro atoms. The van der Waals surface area contributed by atoms with Crippen LogP contribution in [0.4, 0.5) is 0 Å². The minimum absolute atomic E-state index is 0.0350. The number of Topliss-reactive ketones (excluding diaryl/α,β-unsaturated/α-hetero) is 1. The number of morpholine rings is 1. The molecule has 9 nitrogen and oxygen atoms in total. The van der Waals surface area contributed by atoms with Crippen molar-refractivity contribution < 1.29 is 33.6 Å². The van der Waals surface area contributed by atoms with Crippen LogP contribution in [0.15, 0.2) is 78.4 Å². The first-order valence-electron chi connectivity index (χ1n) is 15.0. The number of carbonyl (C=O) groups is 2. The van der Waals surface area contributed by atoms with Gasteiger partial charge in [0.25, 0.3) is 11.7 Å². The molecule has 3 aromatic carbocycles. The van der Waals surface area contributed by atoms with Crippen LogP contribution in [-0.2, 0) is 20.9 Å². The molecule has 2 saturated heterocycles. The van der Waals surface area contributed by atoms with E-state index in [0.29, 0.717) is 73.8 Å². The highest BCUT2D eigenvalue weighted by Crippen LogP contribution is 2.42. The summed E-state index contributed by atoms with van der Waals surface area (Å²) in [4.78, 5) is 30.8. The molecule has 0 bridgehead atoms. The van der Waals surface area contributed by atoms with E-state index in [9.17, 15) is 14.7 Å². The van der Waals surface area contributed by atoms with E-state index in [-0.39, 0.29) is 11.3 Å². The molecule has 1 unspecified atom stereocenters. The molecule has 232 valence electrons. The van der Waals surface area contributed by atoms with Crippen molar-refractivity contribution in [1.82, 2.24) is 9.80 Å². The fourth-order valence-electron chi connectivity index (χ4n) is 5.37. The maximum Gasteiger partial charge on any atom is 0.295 e. The molecule has 2 heterocycles. The maximum atomic E-state index is 13.6. The van der Waals surface area contributed by atoms with Crippen LogP contribution in [-0.4, -0.2) is 79.7 Å². The Kier molecular flexibility index (Phi) is 10.2. The quantitative estimate of drug-likeness (QED) is 0.175. The highest BCUT2D eigenvalue weighted by atomic mass is 16.5. The predicted octanol–water partition coefficient (Wildman–Crippen LogP) is 5.06. The summed E-state index contributed by atoms with van der Waals surface area (Å²) in [5.74, 6) is 0.410. The summed E-state index contributed by atoms with van der Waals surface area (Å²) in [6.45, 7) is 8.68. The lowest BCUT2D eigenvalue weighted by Gasteiger charge is -2.31. The van der Waals surface area contributed by atoms with Crippen LogP contribution >= 0.6 is 0 Å². The Morgan fingerprint density at radius 1 is 0.932 bits per heavy atom. The third-order valence-electron chi connectivity index (χ3n) is 7.75. The van der Waals surface area contributed by atoms with Gasteiger partial charge in [-0.05, 0) is 53.4 Å². The summed E-state index contributed by atoms with van der Waals surface area (Å²) < 4.78 is 23.0. The van der Waals surface area contributed by atoms with Crippen LogP contribution in [0.1, 0.15) is 36.6 Å². The Hall–Kier alpha value is -4.34. The Morgan fingerprint density at radius 3 is 2.34 bits per heavy atom. The van der Waals surface area contributed by atoms with E-state index in [4.69, 9.17) is 18.9 Å². The zero-order valence-electron chi connectivity index (χ0n) is 25.5. The fraction of sp³-hybridized carbons (Fsp3) is 0.371. The van der Waals surface area contributed by atoms with Gasteiger partial charge in [-0.3, -0.25) is 14.5 Å². The van der Waals surface area contributed by atoms with E-state index in [2.05, 4.69) is 18.7 Å². The summed E-state index contributed by atoms with van der Waals surface area (Å²) in [5, 5.41) is 11.5. The van der Waals surface area contributed by atoms with Crippen molar-refractivity contribution >= 4 is 17.4 Å². The standard InChI is InChI=1S/C35H40N2O7/c1-24(2)22-43-28-12-9-26(10-13-28)33(38)31-32(37(35(40)34(31)39)16-15-36-17-19-42-20-18-36)27-11-14-29(30(21-27)41-3)44-23-25-7-5-4-6-8-25/h4-14,21,24,32,38H,15-20,22-23H2,1-3H3/b33-31+. The lowest BCUT2D eigenvalue weighted by Crippen LogP contribution is -2.42. The van der Waals surface area contributed by atoms with Gasteiger partial charge in [-0.2, -0.15) is 0 Å². The van der Waals surface area contributed by atoms with E-state index in [1.807, 2.05) is 36.4 Å². The zero-order chi connectivity index (χ0) is 31.1. The molecule has 0 aromatic heterocycles. The number of hydrogen-bond acceptors (Lipinski definition) is 8. The maximum absolute atomic E-state index is 13.6. The van der Waals surface area contributed by atoms with Crippen LogP contribution in [0.25, 0.3) is 5.76 Å². The average molecular weight is 601 g/mol. The van der Waals surface area contributed by atoms with Crippen LogP contribution in [0.3, 0.4) is 0 Å². The van der Waals surface area contributed by atoms with Crippen molar-refractivity contribution in [2.24, 2.45) is 5.92 Å². The summed E-state index contributed by atoms with van der Waals surface area (Å²) >= 11 is 0. The largest absolute Gasteiger partial charge is 0.507 e. The van der Waals surface area contributed by atoms with E-state index < -0.39 is 17.7 Å². The SMILES string of the molecule is COc1cc(C2/C(=C(\O)c3ccc(OCC(C)C)cc3)C(=O)C(=O)N2CCN2CCOCC2)ccc1OCc1ccccc1. The molecule has 1 amide bonds. The third kappa shape index (κ3) is 7.23. The Morgan fingerprint density at radius 2 is 1.66 bits per heavy atom. The second-order valence-electron chi connectivity index (χ2n) is 11.4. The minimum Gasteiger partial charge on any atom is -0.507 e. The fourth-order valence-corrected chi connectivity index (χ4v) is 5.37. The number of likely N-dealkylation sites (tertiary alicyclic amines) is 1. The number of rotatable bonds is 12. The van der Waals surface area contributed by atoms with Gasteiger partial charge in [-0.15, -0.1) is 0 Å². The molecule has 2 aliphatic rings. The second-order valence-corrected chi connectivity index (χ2v) is 11.4. The van der Waals surface area contributed by atoms with Gasteiger partial charge in [0.1, 0.15) is 18.1 Å². The molecule has 5 rings (SSSR count). The first-order chi connectivity index (χ1) is 21.4. The monoisotopic (exact) mass is 600 g/mol. The van der Waals surface area contributed by atoms with E-state index in [1.165, 1.54) is 0 Å². The van der Waals surface area contributed by atoms with Crippen molar-refractivity contribution in [3.05, 3.63) is 95.1 Å². The first kappa shape index (κ1) is 31.1. The number of benzene rings is 3. The van der Waals surface area contributed by atoms with Gasteiger partial charge < -0.3 is 29.0 Å². The van der Waals surface area contributed by atoms with Gasteiger partial charge >= 0.3 is 0 Å². The Bertz CT molecular complexity index is 1460. The van der Waals surface area contributed by atoms with E-state index in [0.717, 1.165) is 18.7 Å². The lowest BCUT2D eigenvalue weighted by atomic mass is 9.95. The number of hydrogen-bond donors (Lipinski definition) is 1. The first-order valence-corrected chi connectivity index (χ1v) is 15.0. The van der Waals surface area contributed by atoms with Gasteiger partial charge in [-0.25, -0.2) is 0 Å². The predicted molar refractivity (Wildman–Crippen MR) is 167 cm³/mol. The lowest BCUT2D eigenvalue weighted by molar-refractivity contribution is -0.140. The molecular weight excluding hydrogens is 560 g/mol. The molecular formula is C35H40N2O7. The van der Waals surface area contributed by atoms with Gasteiger partial charge in [0, 0.05) is 31.7 Å². The molecule has 9 heteroatoms. The van der Waals surface area contributed by atoms with Gasteiger partial charge in [0.15, 0.2) is 11.5 Å². The van der Waals surface area contributed by atoms with Crippen LogP contribution in [0.5, 0.6) is 17.2 Å². The molecule has 3 aromatic rings.